The number of esters is 1. The highest BCUT2D eigenvalue weighted by Gasteiger charge is 2.14. The average molecular weight is 187 g/mol. The summed E-state index contributed by atoms with van der Waals surface area (Å²) in [4.78, 5) is 21.7. The van der Waals surface area contributed by atoms with Crippen LogP contribution in [0.15, 0.2) is 0 Å². The molecule has 1 atom stereocenters. The summed E-state index contributed by atoms with van der Waals surface area (Å²) in [7, 11) is 0. The number of amides is 1. The zero-order chi connectivity index (χ0) is 10.3. The number of hydrogen-bond acceptors (Lipinski definition) is 3. The smallest absolute Gasteiger partial charge is 0.328 e. The van der Waals surface area contributed by atoms with Crippen molar-refractivity contribution < 1.29 is 14.3 Å². The Kier molecular flexibility index (Phi) is 5.93. The summed E-state index contributed by atoms with van der Waals surface area (Å²) in [5.74, 6) is -0.594. The first-order valence-corrected chi connectivity index (χ1v) is 4.51. The van der Waals surface area contributed by atoms with Crippen LogP contribution in [0.2, 0.25) is 0 Å². The van der Waals surface area contributed by atoms with Crippen molar-refractivity contribution in [2.75, 3.05) is 6.61 Å². The van der Waals surface area contributed by atoms with Gasteiger partial charge in [0.1, 0.15) is 6.04 Å². The number of rotatable bonds is 5. The van der Waals surface area contributed by atoms with E-state index in [1.807, 2.05) is 6.92 Å². The fourth-order valence-corrected chi connectivity index (χ4v) is 0.806. The van der Waals surface area contributed by atoms with Gasteiger partial charge in [-0.3, -0.25) is 4.79 Å². The second-order valence-corrected chi connectivity index (χ2v) is 2.94. The number of carbonyl (C=O) groups excluding carboxylic acids is 2. The molecule has 76 valence electrons. The topological polar surface area (TPSA) is 55.4 Å². The van der Waals surface area contributed by atoms with Gasteiger partial charge in [-0.05, 0) is 13.3 Å². The summed E-state index contributed by atoms with van der Waals surface area (Å²) in [6.45, 7) is 5.43. The molecule has 4 nitrogen and oxygen atoms in total. The minimum absolute atomic E-state index is 0.222. The van der Waals surface area contributed by atoms with Gasteiger partial charge in [-0.1, -0.05) is 13.3 Å². The molecule has 0 heterocycles. The monoisotopic (exact) mass is 187 g/mol. The quantitative estimate of drug-likeness (QED) is 0.513. The molecule has 0 saturated carbocycles. The maximum absolute atomic E-state index is 11.1. The highest BCUT2D eigenvalue weighted by Crippen LogP contribution is 1.92. The van der Waals surface area contributed by atoms with Crippen LogP contribution < -0.4 is 5.32 Å². The lowest BCUT2D eigenvalue weighted by atomic mass is 10.3. The van der Waals surface area contributed by atoms with E-state index in [4.69, 9.17) is 4.74 Å². The minimum atomic E-state index is -0.547. The molecule has 0 fully saturated rings. The van der Waals surface area contributed by atoms with Crippen molar-refractivity contribution in [3.8, 4) is 0 Å². The van der Waals surface area contributed by atoms with Gasteiger partial charge in [-0.15, -0.1) is 0 Å². The number of unbranched alkanes of at least 4 members (excludes halogenated alkanes) is 1. The van der Waals surface area contributed by atoms with Crippen LogP contribution in [0.25, 0.3) is 0 Å². The van der Waals surface area contributed by atoms with Crippen LogP contribution in [0.4, 0.5) is 0 Å². The second kappa shape index (κ2) is 6.46. The molecule has 0 aliphatic carbocycles. The Hall–Kier alpha value is -1.06. The van der Waals surface area contributed by atoms with Gasteiger partial charge in [-0.2, -0.15) is 0 Å². The molecule has 0 aliphatic rings. The maximum atomic E-state index is 11.1. The first-order valence-electron chi connectivity index (χ1n) is 4.51. The van der Waals surface area contributed by atoms with Crippen LogP contribution >= 0.6 is 0 Å². The number of carbonyl (C=O) groups is 2. The van der Waals surface area contributed by atoms with Crippen molar-refractivity contribution in [1.29, 1.82) is 0 Å². The molecule has 0 aromatic rings. The fourth-order valence-electron chi connectivity index (χ4n) is 0.806. The van der Waals surface area contributed by atoms with Crippen LogP contribution in [0.3, 0.4) is 0 Å². The molecule has 13 heavy (non-hydrogen) atoms. The van der Waals surface area contributed by atoms with Crippen LogP contribution in [0, 0.1) is 0 Å². The summed E-state index contributed by atoms with van der Waals surface area (Å²) in [6, 6.07) is -0.547. The van der Waals surface area contributed by atoms with E-state index in [-0.39, 0.29) is 11.9 Å². The Morgan fingerprint density at radius 3 is 2.54 bits per heavy atom. The summed E-state index contributed by atoms with van der Waals surface area (Å²) < 4.78 is 4.89. The fraction of sp³-hybridized carbons (Fsp3) is 0.778. The zero-order valence-corrected chi connectivity index (χ0v) is 8.42. The van der Waals surface area contributed by atoms with Crippen molar-refractivity contribution >= 4 is 11.9 Å². The van der Waals surface area contributed by atoms with E-state index in [1.165, 1.54) is 6.92 Å². The van der Waals surface area contributed by atoms with Crippen LogP contribution in [0.1, 0.15) is 33.6 Å². The molecule has 1 amide bonds. The maximum Gasteiger partial charge on any atom is 0.328 e. The Bertz CT molecular complexity index is 180. The first-order chi connectivity index (χ1) is 6.07. The molecule has 4 heteroatoms. The van der Waals surface area contributed by atoms with Crippen molar-refractivity contribution in [1.82, 2.24) is 5.32 Å². The number of hydrogen-bond donors (Lipinski definition) is 1. The van der Waals surface area contributed by atoms with Gasteiger partial charge in [0.2, 0.25) is 5.91 Å². The lowest BCUT2D eigenvalue weighted by molar-refractivity contribution is -0.147. The summed E-state index contributed by atoms with van der Waals surface area (Å²) in [6.07, 6.45) is 1.85. The lowest BCUT2D eigenvalue weighted by Crippen LogP contribution is -2.38. The van der Waals surface area contributed by atoms with Crippen LogP contribution in [0.5, 0.6) is 0 Å². The predicted octanol–water partition coefficient (Wildman–Crippen LogP) is 0.854. The van der Waals surface area contributed by atoms with Crippen molar-refractivity contribution in [2.45, 2.75) is 39.7 Å². The van der Waals surface area contributed by atoms with Crippen molar-refractivity contribution in [2.24, 2.45) is 0 Å². The van der Waals surface area contributed by atoms with E-state index < -0.39 is 6.04 Å². The molecule has 0 aliphatic heterocycles. The molecular weight excluding hydrogens is 170 g/mol. The SMILES string of the molecule is CCCCOC(=O)C(C)NC(C)=O. The Morgan fingerprint density at radius 2 is 2.08 bits per heavy atom. The number of nitrogens with one attached hydrogen (secondary N) is 1. The van der Waals surface area contributed by atoms with E-state index in [1.54, 1.807) is 6.92 Å². The average Bonchev–Trinajstić information content (AvgIpc) is 2.03. The third-order valence-electron chi connectivity index (χ3n) is 1.52. The van der Waals surface area contributed by atoms with E-state index >= 15 is 0 Å². The first kappa shape index (κ1) is 11.9. The van der Waals surface area contributed by atoms with E-state index in [2.05, 4.69) is 5.32 Å². The van der Waals surface area contributed by atoms with Crippen molar-refractivity contribution in [3.05, 3.63) is 0 Å². The molecule has 0 aromatic carbocycles. The van der Waals surface area contributed by atoms with Gasteiger partial charge in [0.15, 0.2) is 0 Å². The molecule has 0 spiro atoms. The zero-order valence-electron chi connectivity index (χ0n) is 8.42. The third-order valence-corrected chi connectivity index (χ3v) is 1.52. The van der Waals surface area contributed by atoms with Crippen molar-refractivity contribution in [3.63, 3.8) is 0 Å². The Morgan fingerprint density at radius 1 is 1.46 bits per heavy atom. The predicted molar refractivity (Wildman–Crippen MR) is 49.1 cm³/mol. The normalized spacial score (nSPS) is 11.9. The van der Waals surface area contributed by atoms with Crippen LogP contribution in [-0.2, 0) is 14.3 Å². The van der Waals surface area contributed by atoms with E-state index in [0.717, 1.165) is 12.8 Å². The number of ether oxygens (including phenoxy) is 1. The van der Waals surface area contributed by atoms with E-state index in [0.29, 0.717) is 6.61 Å². The summed E-state index contributed by atoms with van der Waals surface area (Å²) >= 11 is 0. The largest absolute Gasteiger partial charge is 0.464 e. The minimum Gasteiger partial charge on any atom is -0.464 e. The second-order valence-electron chi connectivity index (χ2n) is 2.94. The van der Waals surface area contributed by atoms with Gasteiger partial charge in [-0.25, -0.2) is 4.79 Å². The molecule has 1 unspecified atom stereocenters. The molecule has 0 bridgehead atoms. The van der Waals surface area contributed by atoms with Crippen LogP contribution in [-0.4, -0.2) is 24.5 Å². The lowest BCUT2D eigenvalue weighted by Gasteiger charge is -2.11. The Labute approximate surface area is 78.6 Å². The van der Waals surface area contributed by atoms with Gasteiger partial charge >= 0.3 is 5.97 Å². The Balaban J connectivity index is 3.63. The van der Waals surface area contributed by atoms with Gasteiger partial charge in [0, 0.05) is 6.92 Å². The van der Waals surface area contributed by atoms with Gasteiger partial charge < -0.3 is 10.1 Å². The summed E-state index contributed by atoms with van der Waals surface area (Å²) in [5.41, 5.74) is 0. The van der Waals surface area contributed by atoms with Gasteiger partial charge in [0.25, 0.3) is 0 Å². The van der Waals surface area contributed by atoms with Gasteiger partial charge in [0.05, 0.1) is 6.61 Å². The standard InChI is InChI=1S/C9H17NO3/c1-4-5-6-13-9(12)7(2)10-8(3)11/h7H,4-6H2,1-3H3,(H,10,11). The molecule has 0 aromatic heterocycles. The highest BCUT2D eigenvalue weighted by molar-refractivity contribution is 5.82. The molecule has 1 N–H and O–H groups in total. The molecule has 0 rings (SSSR count). The molecule has 0 saturated heterocycles. The molecule has 0 radical (unpaired) electrons. The highest BCUT2D eigenvalue weighted by atomic mass is 16.5. The molecular formula is C9H17NO3. The third kappa shape index (κ3) is 6.13. The van der Waals surface area contributed by atoms with E-state index in [9.17, 15) is 9.59 Å². The summed E-state index contributed by atoms with van der Waals surface area (Å²) in [5, 5.41) is 2.46.